The zero-order valence-corrected chi connectivity index (χ0v) is 64.0. The van der Waals surface area contributed by atoms with Crippen molar-refractivity contribution in [3.05, 3.63) is 125 Å². The number of benzene rings is 2. The van der Waals surface area contributed by atoms with Crippen LogP contribution in [0.4, 0.5) is 0 Å². The van der Waals surface area contributed by atoms with E-state index in [2.05, 4.69) is 156 Å². The van der Waals surface area contributed by atoms with Gasteiger partial charge in [-0.3, -0.25) is 0 Å². The second-order valence-corrected chi connectivity index (χ2v) is 27.6. The standard InChI is InChI=1S/C63H98N2.2C13H27.Ni/c1-9-17-21-22-23-24-25-26-27-28-29-30-33-45-61-60(42-20-12-4)62(58-43-36-34-40-56(58)48-46-54(15-7)50-52(13-5)38-31-18-10-2)65(64)63(61)59-44-37-35-41-57(59)49-47-55(16-8)51-53(14-6)39-32-19-11-3;2*1-3-5-7-9-11-13-12-10-8-6-4-2;/h34-37,40-41,43-44,50-51,54-55H,9-32,38-39,42,46-49H2,1-8H3;2*1,3-13H2,2H3;/q;2*-1;+2. The molecule has 0 aliphatic carbocycles. The van der Waals surface area contributed by atoms with E-state index >= 15 is 0 Å². The molecule has 0 N–H and O–H groups in total. The van der Waals surface area contributed by atoms with Gasteiger partial charge >= 0.3 is 16.5 Å². The molecule has 3 heteroatoms. The number of aryl methyl sites for hydroxylation is 2. The third-order valence-corrected chi connectivity index (χ3v) is 19.6. The molecular weight excluding hydrogens is 1160 g/mol. The van der Waals surface area contributed by atoms with Gasteiger partial charge in [-0.2, -0.15) is 12.8 Å². The van der Waals surface area contributed by atoms with Crippen LogP contribution in [-0.2, 0) is 29.3 Å². The first kappa shape index (κ1) is 89.1. The third-order valence-electron chi connectivity index (χ3n) is 19.6. The number of allylic oxidation sites excluding steroid dienone is 6. The minimum Gasteiger partial charge on any atom is -0.493 e. The fourth-order valence-corrected chi connectivity index (χ4v) is 13.3. The average molecular weight is 1310 g/mol. The largest absolute Gasteiger partial charge is 2.00 e. The van der Waals surface area contributed by atoms with E-state index in [1.807, 2.05) is 0 Å². The van der Waals surface area contributed by atoms with Crippen LogP contribution >= 0.6 is 0 Å². The van der Waals surface area contributed by atoms with Gasteiger partial charge in [-0.05, 0) is 131 Å². The maximum atomic E-state index is 12.8. The normalized spacial score (nSPS) is 13.2. The van der Waals surface area contributed by atoms with Crippen molar-refractivity contribution in [2.75, 3.05) is 0 Å². The Hall–Kier alpha value is -2.95. The molecular formula is C89H152N2Ni. The first-order valence-corrected chi connectivity index (χ1v) is 40.3. The van der Waals surface area contributed by atoms with E-state index in [9.17, 15) is 5.53 Å². The van der Waals surface area contributed by atoms with Gasteiger partial charge < -0.3 is 19.4 Å². The summed E-state index contributed by atoms with van der Waals surface area (Å²) < 4.78 is 1.59. The molecule has 0 spiro atoms. The molecule has 1 heterocycles. The summed E-state index contributed by atoms with van der Waals surface area (Å²) >= 11 is 0. The van der Waals surface area contributed by atoms with Crippen molar-refractivity contribution < 1.29 is 21.2 Å². The van der Waals surface area contributed by atoms with Gasteiger partial charge in [-0.15, -0.1) is 0 Å². The molecule has 0 radical (unpaired) electrons. The molecule has 92 heavy (non-hydrogen) atoms. The zero-order valence-electron chi connectivity index (χ0n) is 63.0. The van der Waals surface area contributed by atoms with Crippen LogP contribution in [0.15, 0.2) is 83.0 Å². The SMILES string of the molecule is CCCCCCCCCCCCCC#CC1=C(c2ccccc2CCC(C=C(CC)CCCCC)CC)[N+](=[N-])C(c2ccccc2CCC(C=C(CC)CCCCC)CC)=C1CCCC.[CH2-]CCCCCCCCCCCC.[CH2-]CCCCCCCCCCCC.[Ni+2]. The smallest absolute Gasteiger partial charge is 0.493 e. The Morgan fingerprint density at radius 1 is 0.402 bits per heavy atom. The fraction of sp³-hybridized carbons (Fsp3) is 0.730. The van der Waals surface area contributed by atoms with Crippen molar-refractivity contribution in [3.63, 3.8) is 0 Å². The molecule has 528 valence electrons. The van der Waals surface area contributed by atoms with E-state index in [4.69, 9.17) is 0 Å². The van der Waals surface area contributed by atoms with E-state index in [1.54, 1.807) is 15.8 Å². The van der Waals surface area contributed by atoms with Crippen molar-refractivity contribution in [1.82, 2.24) is 0 Å². The molecule has 2 aromatic carbocycles. The van der Waals surface area contributed by atoms with E-state index < -0.39 is 0 Å². The van der Waals surface area contributed by atoms with Gasteiger partial charge in [0.2, 0.25) is 11.4 Å². The molecule has 2 unspecified atom stereocenters. The summed E-state index contributed by atoms with van der Waals surface area (Å²) in [5.74, 6) is 8.61. The minimum atomic E-state index is 0. The molecule has 0 fully saturated rings. The van der Waals surface area contributed by atoms with E-state index in [0.717, 1.165) is 119 Å². The van der Waals surface area contributed by atoms with E-state index in [-0.39, 0.29) is 16.5 Å². The predicted molar refractivity (Wildman–Crippen MR) is 412 cm³/mol. The van der Waals surface area contributed by atoms with Gasteiger partial charge in [0.05, 0.1) is 5.56 Å². The maximum absolute atomic E-state index is 12.8. The molecule has 0 aromatic heterocycles. The van der Waals surface area contributed by atoms with Crippen LogP contribution in [0.2, 0.25) is 0 Å². The molecule has 2 atom stereocenters. The summed E-state index contributed by atoms with van der Waals surface area (Å²) in [6.07, 6.45) is 73.7. The van der Waals surface area contributed by atoms with Crippen LogP contribution in [-0.4, -0.2) is 4.70 Å². The first-order valence-electron chi connectivity index (χ1n) is 40.3. The number of nitrogens with zero attached hydrogens (tertiary/aromatic N) is 2. The second-order valence-electron chi connectivity index (χ2n) is 27.6. The third kappa shape index (κ3) is 43.3. The van der Waals surface area contributed by atoms with Crippen molar-refractivity contribution >= 4 is 11.4 Å². The Balaban J connectivity index is 0.00000253. The van der Waals surface area contributed by atoms with Gasteiger partial charge in [0, 0.05) is 17.6 Å². The Kier molecular flexibility index (Phi) is 63.3. The topological polar surface area (TPSA) is 25.3 Å². The van der Waals surface area contributed by atoms with Crippen LogP contribution in [0.25, 0.3) is 16.9 Å². The maximum Gasteiger partial charge on any atom is 2.00 e. The summed E-state index contributed by atoms with van der Waals surface area (Å²) in [4.78, 5) is 0. The average Bonchev–Trinajstić information content (AvgIpc) is 1.60. The van der Waals surface area contributed by atoms with Gasteiger partial charge in [0.1, 0.15) is 5.57 Å². The summed E-state index contributed by atoms with van der Waals surface area (Å²) in [6, 6.07) is 17.9. The number of hydrogen-bond donors (Lipinski definition) is 0. The predicted octanol–water partition coefficient (Wildman–Crippen LogP) is 30.8. The molecule has 0 bridgehead atoms. The molecule has 0 amide bonds. The Morgan fingerprint density at radius 3 is 1.08 bits per heavy atom. The van der Waals surface area contributed by atoms with Crippen molar-refractivity contribution in [3.8, 4) is 11.8 Å². The minimum absolute atomic E-state index is 0. The van der Waals surface area contributed by atoms with Crippen LogP contribution < -0.4 is 0 Å². The van der Waals surface area contributed by atoms with Gasteiger partial charge in [-0.25, -0.2) is 4.70 Å². The molecule has 0 saturated carbocycles. The molecule has 1 aliphatic heterocycles. The van der Waals surface area contributed by atoms with Crippen LogP contribution in [0.5, 0.6) is 0 Å². The molecule has 3 rings (SSSR count). The Labute approximate surface area is 586 Å². The second kappa shape index (κ2) is 65.3. The van der Waals surface area contributed by atoms with Crippen molar-refractivity contribution in [1.29, 1.82) is 0 Å². The molecule has 1 aliphatic rings. The van der Waals surface area contributed by atoms with Crippen LogP contribution in [0.3, 0.4) is 0 Å². The van der Waals surface area contributed by atoms with Gasteiger partial charge in [-0.1, -0.05) is 366 Å². The molecule has 2 nitrogen and oxygen atoms in total. The monoisotopic (exact) mass is 1310 g/mol. The van der Waals surface area contributed by atoms with Gasteiger partial charge in [0.15, 0.2) is 0 Å². The van der Waals surface area contributed by atoms with Crippen LogP contribution in [0.1, 0.15) is 419 Å². The van der Waals surface area contributed by atoms with Crippen molar-refractivity contribution in [2.24, 2.45) is 11.8 Å². The Bertz CT molecular complexity index is 2170. The van der Waals surface area contributed by atoms with Crippen LogP contribution in [0, 0.1) is 37.5 Å². The number of rotatable bonds is 56. The quantitative estimate of drug-likeness (QED) is 0.0158. The number of hydrogen-bond acceptors (Lipinski definition) is 0. The number of unbranched alkanes of at least 4 members (excludes halogenated alkanes) is 36. The first-order chi connectivity index (χ1) is 44.7. The zero-order chi connectivity index (χ0) is 66.5. The van der Waals surface area contributed by atoms with E-state index in [0.29, 0.717) is 11.8 Å². The molecule has 2 aromatic rings. The van der Waals surface area contributed by atoms with Crippen molar-refractivity contribution in [2.45, 2.75) is 410 Å². The summed E-state index contributed by atoms with van der Waals surface area (Å²) in [7, 11) is 0. The Morgan fingerprint density at radius 2 is 0.728 bits per heavy atom. The fourth-order valence-electron chi connectivity index (χ4n) is 13.3. The summed E-state index contributed by atoms with van der Waals surface area (Å²) in [5, 5.41) is 0. The summed E-state index contributed by atoms with van der Waals surface area (Å²) in [5.41, 5.74) is 25.2. The van der Waals surface area contributed by atoms with Gasteiger partial charge in [0.25, 0.3) is 0 Å². The summed E-state index contributed by atoms with van der Waals surface area (Å²) in [6.45, 7) is 30.8. The molecule has 0 saturated heterocycles. The van der Waals surface area contributed by atoms with E-state index in [1.165, 1.54) is 266 Å².